The average molecular weight is 413 g/mol. The van der Waals surface area contributed by atoms with Crippen LogP contribution in [0.1, 0.15) is 104 Å². The summed E-state index contributed by atoms with van der Waals surface area (Å²) in [6.45, 7) is 5.01. The highest BCUT2D eigenvalue weighted by atomic mass is 19.3. The van der Waals surface area contributed by atoms with Crippen LogP contribution in [0.5, 0.6) is 0 Å². The number of hydrogen-bond acceptors (Lipinski definition) is 1. The number of ether oxygens (including phenoxy) is 1. The molecule has 4 bridgehead atoms. The van der Waals surface area contributed by atoms with Crippen LogP contribution >= 0.6 is 0 Å². The molecule has 166 valence electrons. The molecule has 7 fully saturated rings. The van der Waals surface area contributed by atoms with Gasteiger partial charge < -0.3 is 4.74 Å². The number of halogens is 3. The van der Waals surface area contributed by atoms with E-state index in [-0.39, 0.29) is 11.3 Å². The molecule has 1 unspecified atom stereocenters. The molecule has 0 aliphatic heterocycles. The molecule has 7 saturated carbocycles. The Labute approximate surface area is 174 Å². The molecule has 0 saturated heterocycles. The molecule has 29 heavy (non-hydrogen) atoms. The highest BCUT2D eigenvalue weighted by Gasteiger charge is 2.74. The van der Waals surface area contributed by atoms with Crippen LogP contribution in [-0.4, -0.2) is 24.3 Å². The lowest BCUT2D eigenvalue weighted by atomic mass is 9.49. The van der Waals surface area contributed by atoms with Crippen LogP contribution in [0.2, 0.25) is 0 Å². The van der Waals surface area contributed by atoms with Crippen LogP contribution < -0.4 is 0 Å². The summed E-state index contributed by atoms with van der Waals surface area (Å²) in [7, 11) is 0. The standard InChI is InChI=1S/C25H39F3O/c1-18-3-5-19(6-4-18)23-13-15-24(16-14-23,25(27,28)20(23)26)29-17-22-10-7-21(2,8-11-22)9-12-22/h18-20H,3-17H2,1-2H3. The number of rotatable bonds is 4. The van der Waals surface area contributed by atoms with Gasteiger partial charge in [0, 0.05) is 5.41 Å². The van der Waals surface area contributed by atoms with Gasteiger partial charge in [0.25, 0.3) is 0 Å². The van der Waals surface area contributed by atoms with Crippen molar-refractivity contribution in [3.8, 4) is 0 Å². The molecule has 0 radical (unpaired) electrons. The molecule has 0 aromatic heterocycles. The van der Waals surface area contributed by atoms with E-state index < -0.39 is 23.1 Å². The first kappa shape index (κ1) is 20.6. The molecule has 7 rings (SSSR count). The maximum Gasteiger partial charge on any atom is 0.307 e. The Morgan fingerprint density at radius 1 is 0.793 bits per heavy atom. The van der Waals surface area contributed by atoms with E-state index in [0.29, 0.717) is 43.6 Å². The normalized spacial score (nSPS) is 53.9. The van der Waals surface area contributed by atoms with Crippen LogP contribution in [0, 0.1) is 28.1 Å². The summed E-state index contributed by atoms with van der Waals surface area (Å²) >= 11 is 0. The summed E-state index contributed by atoms with van der Waals surface area (Å²) in [5.74, 6) is -2.56. The second kappa shape index (κ2) is 6.62. The van der Waals surface area contributed by atoms with Crippen LogP contribution in [-0.2, 0) is 4.74 Å². The van der Waals surface area contributed by atoms with Crippen molar-refractivity contribution in [1.29, 1.82) is 0 Å². The van der Waals surface area contributed by atoms with Crippen molar-refractivity contribution < 1.29 is 17.9 Å². The second-order valence-electron chi connectivity index (χ2n) is 12.3. The maximum absolute atomic E-state index is 15.6. The lowest BCUT2D eigenvalue weighted by Gasteiger charge is -2.62. The number of fused-ring (bicyclic) bond motifs is 6. The molecule has 1 nitrogen and oxygen atoms in total. The molecular weight excluding hydrogens is 373 g/mol. The summed E-state index contributed by atoms with van der Waals surface area (Å²) in [5.41, 5.74) is -1.83. The third-order valence-corrected chi connectivity index (χ3v) is 10.7. The molecule has 0 aromatic rings. The van der Waals surface area contributed by atoms with Gasteiger partial charge in [-0.1, -0.05) is 26.7 Å². The lowest BCUT2D eigenvalue weighted by Crippen LogP contribution is -2.70. The fourth-order valence-corrected chi connectivity index (χ4v) is 7.95. The highest BCUT2D eigenvalue weighted by Crippen LogP contribution is 2.67. The molecule has 0 amide bonds. The predicted octanol–water partition coefficient (Wildman–Crippen LogP) is 7.48. The summed E-state index contributed by atoms with van der Waals surface area (Å²) in [6.07, 6.45) is 10.7. The smallest absolute Gasteiger partial charge is 0.307 e. The molecular formula is C25H39F3O. The van der Waals surface area contributed by atoms with Crippen molar-refractivity contribution in [2.24, 2.45) is 28.1 Å². The van der Waals surface area contributed by atoms with Gasteiger partial charge in [-0.2, -0.15) is 0 Å². The molecule has 7 aliphatic rings. The van der Waals surface area contributed by atoms with Crippen molar-refractivity contribution in [3.63, 3.8) is 0 Å². The minimum atomic E-state index is -3.35. The van der Waals surface area contributed by atoms with Crippen LogP contribution in [0.4, 0.5) is 13.2 Å². The zero-order valence-electron chi connectivity index (χ0n) is 18.4. The van der Waals surface area contributed by atoms with Crippen molar-refractivity contribution in [2.75, 3.05) is 6.61 Å². The Kier molecular flexibility index (Phi) is 4.72. The van der Waals surface area contributed by atoms with Gasteiger partial charge in [-0.3, -0.25) is 0 Å². The average Bonchev–Trinajstić information content (AvgIpc) is 2.73. The molecule has 1 atom stereocenters. The largest absolute Gasteiger partial charge is 0.368 e. The Balaban J connectivity index is 1.31. The summed E-state index contributed by atoms with van der Waals surface area (Å²) in [6, 6.07) is 0. The SMILES string of the molecule is CC1CCC(C23CCC(OCC45CCC(C)(CC4)CC5)(CC2)C(F)(F)C3F)CC1. The third kappa shape index (κ3) is 2.97. The summed E-state index contributed by atoms with van der Waals surface area (Å²) in [5, 5.41) is 0. The van der Waals surface area contributed by atoms with Gasteiger partial charge in [0.2, 0.25) is 0 Å². The molecule has 0 heterocycles. The van der Waals surface area contributed by atoms with E-state index in [0.717, 1.165) is 44.9 Å². The minimum absolute atomic E-state index is 0.0693. The molecule has 0 aromatic carbocycles. The molecule has 0 spiro atoms. The van der Waals surface area contributed by atoms with Crippen molar-refractivity contribution >= 4 is 0 Å². The van der Waals surface area contributed by atoms with Crippen LogP contribution in [0.15, 0.2) is 0 Å². The fraction of sp³-hybridized carbons (Fsp3) is 1.00. The van der Waals surface area contributed by atoms with Gasteiger partial charge in [0.15, 0.2) is 6.17 Å². The first-order chi connectivity index (χ1) is 13.6. The third-order valence-electron chi connectivity index (χ3n) is 10.7. The van der Waals surface area contributed by atoms with Crippen molar-refractivity contribution in [1.82, 2.24) is 0 Å². The van der Waals surface area contributed by atoms with E-state index in [1.807, 2.05) is 0 Å². The maximum atomic E-state index is 15.6. The zero-order valence-corrected chi connectivity index (χ0v) is 18.4. The van der Waals surface area contributed by atoms with E-state index in [2.05, 4.69) is 13.8 Å². The van der Waals surface area contributed by atoms with Gasteiger partial charge in [0.05, 0.1) is 6.61 Å². The molecule has 4 heteroatoms. The molecule has 7 aliphatic carbocycles. The number of alkyl halides is 3. The zero-order chi connectivity index (χ0) is 20.5. The van der Waals surface area contributed by atoms with E-state index in [1.54, 1.807) is 0 Å². The van der Waals surface area contributed by atoms with E-state index in [9.17, 15) is 0 Å². The second-order valence-corrected chi connectivity index (χ2v) is 12.3. The quantitative estimate of drug-likeness (QED) is 0.465. The van der Waals surface area contributed by atoms with Crippen molar-refractivity contribution in [2.45, 2.75) is 121 Å². The van der Waals surface area contributed by atoms with Crippen LogP contribution in [0.3, 0.4) is 0 Å². The van der Waals surface area contributed by atoms with Gasteiger partial charge >= 0.3 is 5.92 Å². The minimum Gasteiger partial charge on any atom is -0.368 e. The first-order valence-electron chi connectivity index (χ1n) is 12.3. The Bertz CT molecular complexity index is 603. The highest BCUT2D eigenvalue weighted by molar-refractivity contribution is 5.17. The summed E-state index contributed by atoms with van der Waals surface area (Å²) in [4.78, 5) is 0. The molecule has 0 N–H and O–H groups in total. The topological polar surface area (TPSA) is 9.23 Å². The lowest BCUT2D eigenvalue weighted by molar-refractivity contribution is -0.329. The van der Waals surface area contributed by atoms with Crippen LogP contribution in [0.25, 0.3) is 0 Å². The van der Waals surface area contributed by atoms with Gasteiger partial charge in [-0.05, 0) is 99.7 Å². The predicted molar refractivity (Wildman–Crippen MR) is 109 cm³/mol. The van der Waals surface area contributed by atoms with E-state index >= 15 is 13.2 Å². The van der Waals surface area contributed by atoms with Gasteiger partial charge in [-0.15, -0.1) is 0 Å². The Morgan fingerprint density at radius 3 is 1.90 bits per heavy atom. The van der Waals surface area contributed by atoms with Crippen molar-refractivity contribution in [3.05, 3.63) is 0 Å². The van der Waals surface area contributed by atoms with E-state index in [1.165, 1.54) is 19.3 Å². The monoisotopic (exact) mass is 412 g/mol. The first-order valence-corrected chi connectivity index (χ1v) is 12.3. The van der Waals surface area contributed by atoms with E-state index in [4.69, 9.17) is 4.74 Å². The van der Waals surface area contributed by atoms with Gasteiger partial charge in [0.1, 0.15) is 5.60 Å². The van der Waals surface area contributed by atoms with Gasteiger partial charge in [-0.25, -0.2) is 13.2 Å². The Hall–Kier alpha value is -0.250. The fourth-order valence-electron chi connectivity index (χ4n) is 7.95. The summed E-state index contributed by atoms with van der Waals surface area (Å²) < 4.78 is 53.0. The Morgan fingerprint density at radius 2 is 1.34 bits per heavy atom. The number of hydrogen-bond donors (Lipinski definition) is 0.